The molecule has 2 fully saturated rings. The van der Waals surface area contributed by atoms with Crippen molar-refractivity contribution in [2.24, 2.45) is 0 Å². The SMILES string of the molecule is CO[C@@H]1O[C@@H](C)[C@H](OCc2ccccc2)[C@@H](OCc2ccccc2)[C@H]1O[C@@H]1O[C@H](COCc2ccccc2)[C@@H](OCc2ccccc2)[C@H](OCc2ccccc2)[C@@H]1OC(C)=O. The lowest BCUT2D eigenvalue weighted by atomic mass is 9.96. The molecule has 0 N–H and O–H groups in total. The van der Waals surface area contributed by atoms with Crippen LogP contribution in [0.25, 0.3) is 0 Å². The Hall–Kier alpha value is -4.79. The smallest absolute Gasteiger partial charge is 0.303 e. The van der Waals surface area contributed by atoms with Crippen molar-refractivity contribution in [2.45, 2.75) is 108 Å². The van der Waals surface area contributed by atoms with Crippen LogP contribution < -0.4 is 0 Å². The Bertz CT molecular complexity index is 1990. The highest BCUT2D eigenvalue weighted by molar-refractivity contribution is 5.66. The molecule has 10 atom stereocenters. The Morgan fingerprint density at radius 1 is 0.475 bits per heavy atom. The van der Waals surface area contributed by atoms with Gasteiger partial charge in [-0.3, -0.25) is 4.79 Å². The van der Waals surface area contributed by atoms with Crippen molar-refractivity contribution in [3.05, 3.63) is 179 Å². The maximum atomic E-state index is 13.1. The Morgan fingerprint density at radius 2 is 0.869 bits per heavy atom. The highest BCUT2D eigenvalue weighted by Gasteiger charge is 2.54. The first-order valence-corrected chi connectivity index (χ1v) is 20.9. The molecule has 322 valence electrons. The van der Waals surface area contributed by atoms with Crippen molar-refractivity contribution in [3.8, 4) is 0 Å². The molecule has 11 heteroatoms. The fourth-order valence-electron chi connectivity index (χ4n) is 7.65. The van der Waals surface area contributed by atoms with Crippen LogP contribution in [0.2, 0.25) is 0 Å². The Kier molecular flexibility index (Phi) is 16.6. The monoisotopic (exact) mass is 832 g/mol. The molecule has 0 unspecified atom stereocenters. The van der Waals surface area contributed by atoms with Crippen molar-refractivity contribution >= 4 is 5.97 Å². The molecule has 7 rings (SSSR count). The maximum absolute atomic E-state index is 13.1. The molecule has 61 heavy (non-hydrogen) atoms. The first-order valence-electron chi connectivity index (χ1n) is 20.9. The third kappa shape index (κ3) is 12.6. The van der Waals surface area contributed by atoms with Crippen LogP contribution in [0.5, 0.6) is 0 Å². The van der Waals surface area contributed by atoms with Gasteiger partial charge in [0.25, 0.3) is 0 Å². The van der Waals surface area contributed by atoms with E-state index in [1.165, 1.54) is 6.92 Å². The fraction of sp³-hybridized carbons (Fsp3) is 0.380. The molecular formula is C50H56O11. The lowest BCUT2D eigenvalue weighted by Gasteiger charge is -2.49. The van der Waals surface area contributed by atoms with Crippen molar-refractivity contribution in [3.63, 3.8) is 0 Å². The molecule has 2 saturated heterocycles. The predicted molar refractivity (Wildman–Crippen MR) is 227 cm³/mol. The summed E-state index contributed by atoms with van der Waals surface area (Å²) in [7, 11) is 1.55. The van der Waals surface area contributed by atoms with Gasteiger partial charge in [-0.05, 0) is 34.7 Å². The molecule has 0 saturated carbocycles. The summed E-state index contributed by atoms with van der Waals surface area (Å²) in [6.07, 6.45) is -8.37. The Labute approximate surface area is 358 Å². The molecule has 0 bridgehead atoms. The summed E-state index contributed by atoms with van der Waals surface area (Å²) in [6, 6.07) is 49.3. The third-order valence-electron chi connectivity index (χ3n) is 10.7. The molecule has 0 spiro atoms. The minimum atomic E-state index is -1.22. The first-order chi connectivity index (χ1) is 29.9. The van der Waals surface area contributed by atoms with E-state index in [0.717, 1.165) is 27.8 Å². The quantitative estimate of drug-likeness (QED) is 0.0713. The Balaban J connectivity index is 1.23. The summed E-state index contributed by atoms with van der Waals surface area (Å²) < 4.78 is 65.7. The number of ether oxygens (including phenoxy) is 10. The number of hydrogen-bond donors (Lipinski definition) is 0. The van der Waals surface area contributed by atoms with Gasteiger partial charge in [0, 0.05) is 14.0 Å². The topological polar surface area (TPSA) is 109 Å². The zero-order chi connectivity index (χ0) is 42.2. The Morgan fingerprint density at radius 3 is 1.30 bits per heavy atom. The van der Waals surface area contributed by atoms with Gasteiger partial charge in [0.2, 0.25) is 0 Å². The van der Waals surface area contributed by atoms with E-state index < -0.39 is 67.4 Å². The van der Waals surface area contributed by atoms with Crippen LogP contribution in [0.4, 0.5) is 0 Å². The van der Waals surface area contributed by atoms with Gasteiger partial charge < -0.3 is 47.4 Å². The second kappa shape index (κ2) is 22.9. The second-order valence-corrected chi connectivity index (χ2v) is 15.2. The summed E-state index contributed by atoms with van der Waals surface area (Å²) in [4.78, 5) is 13.1. The number of carbonyl (C=O) groups is 1. The summed E-state index contributed by atoms with van der Waals surface area (Å²) in [5, 5.41) is 0. The van der Waals surface area contributed by atoms with E-state index in [2.05, 4.69) is 0 Å². The third-order valence-corrected chi connectivity index (χ3v) is 10.7. The summed E-state index contributed by atoms with van der Waals surface area (Å²) in [5.74, 6) is -0.547. The summed E-state index contributed by atoms with van der Waals surface area (Å²) in [5.41, 5.74) is 4.83. The largest absolute Gasteiger partial charge is 0.454 e. The molecule has 5 aromatic carbocycles. The number of hydrogen-bond acceptors (Lipinski definition) is 11. The van der Waals surface area contributed by atoms with E-state index in [-0.39, 0.29) is 26.4 Å². The van der Waals surface area contributed by atoms with Gasteiger partial charge in [-0.25, -0.2) is 0 Å². The van der Waals surface area contributed by atoms with Gasteiger partial charge in [0.1, 0.15) is 36.6 Å². The number of carbonyl (C=O) groups excluding carboxylic acids is 1. The predicted octanol–water partition coefficient (Wildman–Crippen LogP) is 7.98. The van der Waals surface area contributed by atoms with Crippen LogP contribution in [0.1, 0.15) is 41.7 Å². The number of rotatable bonds is 20. The normalized spacial score (nSPS) is 26.4. The van der Waals surface area contributed by atoms with E-state index in [4.69, 9.17) is 47.4 Å². The summed E-state index contributed by atoms with van der Waals surface area (Å²) >= 11 is 0. The lowest BCUT2D eigenvalue weighted by molar-refractivity contribution is -0.374. The lowest BCUT2D eigenvalue weighted by Crippen LogP contribution is -2.66. The van der Waals surface area contributed by atoms with Crippen LogP contribution in [0.3, 0.4) is 0 Å². The number of benzene rings is 5. The molecule has 11 nitrogen and oxygen atoms in total. The minimum Gasteiger partial charge on any atom is -0.454 e. The first kappa shape index (κ1) is 44.3. The average molecular weight is 833 g/mol. The number of esters is 1. The van der Waals surface area contributed by atoms with Gasteiger partial charge in [-0.2, -0.15) is 0 Å². The molecule has 5 aromatic rings. The van der Waals surface area contributed by atoms with E-state index in [9.17, 15) is 4.79 Å². The van der Waals surface area contributed by atoms with E-state index in [1.54, 1.807) is 7.11 Å². The molecular weight excluding hydrogens is 777 g/mol. The van der Waals surface area contributed by atoms with Crippen LogP contribution in [-0.4, -0.2) is 81.1 Å². The molecule has 0 aromatic heterocycles. The minimum absolute atomic E-state index is 0.106. The average Bonchev–Trinajstić information content (AvgIpc) is 3.29. The van der Waals surface area contributed by atoms with Crippen LogP contribution in [0.15, 0.2) is 152 Å². The molecule has 2 heterocycles. The van der Waals surface area contributed by atoms with Crippen molar-refractivity contribution < 1.29 is 52.2 Å². The van der Waals surface area contributed by atoms with E-state index >= 15 is 0 Å². The molecule has 2 aliphatic heterocycles. The zero-order valence-electron chi connectivity index (χ0n) is 34.9. The van der Waals surface area contributed by atoms with Crippen LogP contribution in [0, 0.1) is 0 Å². The summed E-state index contributed by atoms with van der Waals surface area (Å²) in [6.45, 7) is 4.71. The fourth-order valence-corrected chi connectivity index (χ4v) is 7.65. The van der Waals surface area contributed by atoms with Gasteiger partial charge in [0.05, 0.1) is 45.7 Å². The standard InChI is InChI=1S/C50H56O11/c1-35-43(54-30-38-21-11-5-12-22-38)45(56-32-40-25-15-7-16-26-40)47(49(52-3)58-35)61-50-48(59-36(2)51)46(57-33-41-27-17-8-18-28-41)44(55-31-39-23-13-6-14-24-39)42(60-50)34-53-29-37-19-9-4-10-20-37/h4-28,35,42-50H,29-34H2,1-3H3/t35-,42+,43-,44+,45+,46-,47+,48-,49+,50-/m0/s1. The molecule has 0 amide bonds. The molecule has 2 aliphatic rings. The van der Waals surface area contributed by atoms with Crippen molar-refractivity contribution in [2.75, 3.05) is 13.7 Å². The molecule has 0 radical (unpaired) electrons. The van der Waals surface area contributed by atoms with Gasteiger partial charge in [-0.15, -0.1) is 0 Å². The maximum Gasteiger partial charge on any atom is 0.303 e. The highest BCUT2D eigenvalue weighted by Crippen LogP contribution is 2.36. The van der Waals surface area contributed by atoms with E-state index in [1.807, 2.05) is 159 Å². The van der Waals surface area contributed by atoms with Crippen LogP contribution >= 0.6 is 0 Å². The zero-order valence-corrected chi connectivity index (χ0v) is 34.9. The molecule has 0 aliphatic carbocycles. The van der Waals surface area contributed by atoms with E-state index in [0.29, 0.717) is 13.2 Å². The number of methoxy groups -OCH3 is 1. The van der Waals surface area contributed by atoms with Crippen molar-refractivity contribution in [1.29, 1.82) is 0 Å². The second-order valence-electron chi connectivity index (χ2n) is 15.2. The highest BCUT2D eigenvalue weighted by atomic mass is 16.8. The van der Waals surface area contributed by atoms with Gasteiger partial charge >= 0.3 is 5.97 Å². The van der Waals surface area contributed by atoms with Gasteiger partial charge in [-0.1, -0.05) is 152 Å². The van der Waals surface area contributed by atoms with Crippen LogP contribution in [-0.2, 0) is 85.2 Å². The van der Waals surface area contributed by atoms with Gasteiger partial charge in [0.15, 0.2) is 18.7 Å². The van der Waals surface area contributed by atoms with Crippen molar-refractivity contribution in [1.82, 2.24) is 0 Å².